The molecular formula is C25H17F4N5O3. The number of alkyl halides is 3. The maximum absolute atomic E-state index is 14.0. The Labute approximate surface area is 205 Å². The van der Waals surface area contributed by atoms with E-state index in [2.05, 4.69) is 15.3 Å². The summed E-state index contributed by atoms with van der Waals surface area (Å²) < 4.78 is 56.7. The van der Waals surface area contributed by atoms with Crippen LogP contribution in [0.25, 0.3) is 38.8 Å². The van der Waals surface area contributed by atoms with E-state index in [4.69, 9.17) is 5.11 Å². The highest BCUT2D eigenvalue weighted by Gasteiger charge is 2.34. The van der Waals surface area contributed by atoms with Crippen LogP contribution in [0.4, 0.5) is 28.2 Å². The Kier molecular flexibility index (Phi) is 5.46. The van der Waals surface area contributed by atoms with Gasteiger partial charge in [0.1, 0.15) is 11.6 Å². The molecule has 0 spiro atoms. The number of carbonyl (C=O) groups is 1. The second-order valence-electron chi connectivity index (χ2n) is 8.33. The van der Waals surface area contributed by atoms with Gasteiger partial charge in [0.05, 0.1) is 33.5 Å². The normalized spacial score (nSPS) is 11.8. The van der Waals surface area contributed by atoms with Crippen LogP contribution in [-0.4, -0.2) is 30.3 Å². The molecule has 0 saturated carbocycles. The van der Waals surface area contributed by atoms with Crippen LogP contribution < -0.4 is 11.0 Å². The largest absolute Gasteiger partial charge is 0.465 e. The number of halogens is 4. The maximum Gasteiger partial charge on any atom is 0.419 e. The van der Waals surface area contributed by atoms with Crippen molar-refractivity contribution in [2.45, 2.75) is 13.1 Å². The lowest BCUT2D eigenvalue weighted by Crippen LogP contribution is -2.21. The number of rotatable bonds is 3. The first-order valence-electron chi connectivity index (χ1n) is 10.8. The average molecular weight is 511 g/mol. The Balaban J connectivity index is 1.79. The molecule has 5 rings (SSSR count). The van der Waals surface area contributed by atoms with E-state index in [-0.39, 0.29) is 11.5 Å². The van der Waals surface area contributed by atoms with Crippen molar-refractivity contribution in [3.8, 4) is 16.8 Å². The zero-order valence-electron chi connectivity index (χ0n) is 19.3. The van der Waals surface area contributed by atoms with Gasteiger partial charge < -0.3 is 5.11 Å². The van der Waals surface area contributed by atoms with Gasteiger partial charge in [-0.25, -0.2) is 19.0 Å². The molecule has 5 aromatic rings. The highest BCUT2D eigenvalue weighted by Crippen LogP contribution is 2.35. The third-order valence-corrected chi connectivity index (χ3v) is 5.99. The molecule has 2 N–H and O–H groups in total. The molecule has 1 amide bonds. The first-order chi connectivity index (χ1) is 17.5. The van der Waals surface area contributed by atoms with Crippen molar-refractivity contribution in [3.63, 3.8) is 0 Å². The van der Waals surface area contributed by atoms with Gasteiger partial charge in [0.2, 0.25) is 0 Å². The lowest BCUT2D eigenvalue weighted by Gasteiger charge is -2.12. The summed E-state index contributed by atoms with van der Waals surface area (Å²) in [6, 6.07) is 10.7. The molecule has 0 fully saturated rings. The van der Waals surface area contributed by atoms with Gasteiger partial charge in [-0.05, 0) is 55.0 Å². The summed E-state index contributed by atoms with van der Waals surface area (Å²) in [5.41, 5.74) is 0.715. The SMILES string of the molecule is Cc1nc2ccc(-c3ccc(NC(=O)O)nc3)cc2c2c1n(C)c(=O)n2-c1ccc(F)c(C(F)(F)F)c1. The van der Waals surface area contributed by atoms with E-state index in [1.807, 2.05) is 0 Å². The van der Waals surface area contributed by atoms with E-state index in [1.54, 1.807) is 31.2 Å². The standard InChI is InChI=1S/C25H17F4N5O3/c1-12-21-22(34(24(37)33(21)2)15-5-6-18(26)17(10-15)25(27,28)29)16-9-13(3-7-19(16)31-12)14-4-8-20(30-11-14)32-23(35)36/h3-11H,1-2H3,(H,30,32)(H,35,36). The summed E-state index contributed by atoms with van der Waals surface area (Å²) in [4.78, 5) is 32.7. The molecule has 188 valence electrons. The van der Waals surface area contributed by atoms with Crippen molar-refractivity contribution in [2.24, 2.45) is 7.05 Å². The van der Waals surface area contributed by atoms with E-state index in [0.29, 0.717) is 50.9 Å². The molecule has 0 saturated heterocycles. The van der Waals surface area contributed by atoms with Crippen LogP contribution in [-0.2, 0) is 13.2 Å². The minimum atomic E-state index is -4.95. The number of carboxylic acid groups (broad SMARTS) is 1. The van der Waals surface area contributed by atoms with Gasteiger partial charge in [0, 0.05) is 24.2 Å². The molecule has 0 radical (unpaired) electrons. The fourth-order valence-electron chi connectivity index (χ4n) is 4.36. The molecule has 8 nitrogen and oxygen atoms in total. The van der Waals surface area contributed by atoms with Gasteiger partial charge in [-0.15, -0.1) is 0 Å². The van der Waals surface area contributed by atoms with E-state index in [0.717, 1.165) is 10.6 Å². The zero-order valence-corrected chi connectivity index (χ0v) is 19.3. The van der Waals surface area contributed by atoms with E-state index >= 15 is 0 Å². The Bertz CT molecular complexity index is 1770. The zero-order chi connectivity index (χ0) is 26.6. The topological polar surface area (TPSA) is 102 Å². The van der Waals surface area contributed by atoms with Gasteiger partial charge in [-0.3, -0.25) is 19.4 Å². The smallest absolute Gasteiger partial charge is 0.419 e. The van der Waals surface area contributed by atoms with Crippen LogP contribution in [0.1, 0.15) is 11.3 Å². The number of aromatic nitrogens is 4. The number of pyridine rings is 2. The highest BCUT2D eigenvalue weighted by atomic mass is 19.4. The number of fused-ring (bicyclic) bond motifs is 3. The van der Waals surface area contributed by atoms with Crippen molar-refractivity contribution >= 4 is 33.8 Å². The summed E-state index contributed by atoms with van der Waals surface area (Å²) in [6.45, 7) is 1.68. The lowest BCUT2D eigenvalue weighted by atomic mass is 10.0. The molecule has 3 heterocycles. The van der Waals surface area contributed by atoms with Crippen LogP contribution in [0.3, 0.4) is 0 Å². The number of nitrogens with one attached hydrogen (secondary N) is 1. The maximum atomic E-state index is 14.0. The van der Waals surface area contributed by atoms with Gasteiger partial charge in [-0.1, -0.05) is 6.07 Å². The molecule has 0 aliphatic carbocycles. The monoisotopic (exact) mass is 511 g/mol. The molecule has 0 aliphatic rings. The van der Waals surface area contributed by atoms with Crippen molar-refractivity contribution in [1.29, 1.82) is 0 Å². The molecule has 0 atom stereocenters. The fraction of sp³-hybridized carbons (Fsp3) is 0.120. The third kappa shape index (κ3) is 4.05. The number of anilines is 1. The molecular weight excluding hydrogens is 494 g/mol. The number of nitrogens with zero attached hydrogens (tertiary/aromatic N) is 4. The lowest BCUT2D eigenvalue weighted by molar-refractivity contribution is -0.140. The van der Waals surface area contributed by atoms with Crippen LogP contribution in [0.15, 0.2) is 59.5 Å². The Morgan fingerprint density at radius 3 is 2.41 bits per heavy atom. The summed E-state index contributed by atoms with van der Waals surface area (Å²) >= 11 is 0. The van der Waals surface area contributed by atoms with E-state index in [1.165, 1.54) is 23.9 Å². The number of hydrogen-bond acceptors (Lipinski definition) is 4. The second-order valence-corrected chi connectivity index (χ2v) is 8.33. The van der Waals surface area contributed by atoms with Crippen molar-refractivity contribution in [1.82, 2.24) is 19.1 Å². The highest BCUT2D eigenvalue weighted by molar-refractivity contribution is 6.05. The van der Waals surface area contributed by atoms with Crippen LogP contribution in [0, 0.1) is 12.7 Å². The number of benzene rings is 2. The van der Waals surface area contributed by atoms with Crippen LogP contribution in [0.2, 0.25) is 0 Å². The van der Waals surface area contributed by atoms with Crippen LogP contribution in [0.5, 0.6) is 0 Å². The molecule has 0 unspecified atom stereocenters. The summed E-state index contributed by atoms with van der Waals surface area (Å²) in [7, 11) is 1.48. The minimum absolute atomic E-state index is 0.130. The summed E-state index contributed by atoms with van der Waals surface area (Å²) in [6.07, 6.45) is -4.75. The van der Waals surface area contributed by atoms with Crippen molar-refractivity contribution in [2.75, 3.05) is 5.32 Å². The first kappa shape index (κ1) is 24.0. The molecule has 37 heavy (non-hydrogen) atoms. The van der Waals surface area contributed by atoms with Gasteiger partial charge in [0.25, 0.3) is 0 Å². The van der Waals surface area contributed by atoms with Gasteiger partial charge in [-0.2, -0.15) is 13.2 Å². The average Bonchev–Trinajstić information content (AvgIpc) is 3.10. The number of imidazole rings is 1. The van der Waals surface area contributed by atoms with Crippen LogP contribution >= 0.6 is 0 Å². The predicted octanol–water partition coefficient (Wildman–Crippen LogP) is 5.50. The van der Waals surface area contributed by atoms with E-state index in [9.17, 15) is 27.2 Å². The molecule has 3 aromatic heterocycles. The van der Waals surface area contributed by atoms with Crippen molar-refractivity contribution < 1.29 is 27.5 Å². The van der Waals surface area contributed by atoms with E-state index < -0.39 is 29.3 Å². The van der Waals surface area contributed by atoms with Crippen molar-refractivity contribution in [3.05, 3.63) is 82.3 Å². The summed E-state index contributed by atoms with van der Waals surface area (Å²) in [5.74, 6) is -1.31. The van der Waals surface area contributed by atoms with Gasteiger partial charge >= 0.3 is 18.0 Å². The third-order valence-electron chi connectivity index (χ3n) is 5.99. The minimum Gasteiger partial charge on any atom is -0.465 e. The Morgan fingerprint density at radius 2 is 1.76 bits per heavy atom. The molecule has 12 heteroatoms. The molecule has 2 aromatic carbocycles. The predicted molar refractivity (Wildman–Crippen MR) is 128 cm³/mol. The summed E-state index contributed by atoms with van der Waals surface area (Å²) in [5, 5.41) is 11.5. The van der Waals surface area contributed by atoms with Gasteiger partial charge in [0.15, 0.2) is 0 Å². The fourth-order valence-corrected chi connectivity index (χ4v) is 4.36. The number of amides is 1. The first-order valence-corrected chi connectivity index (χ1v) is 10.8. The molecule has 0 aliphatic heterocycles. The second kappa shape index (κ2) is 8.43. The number of hydrogen-bond donors (Lipinski definition) is 2. The Morgan fingerprint density at radius 1 is 1.03 bits per heavy atom. The number of aryl methyl sites for hydroxylation is 2. The quantitative estimate of drug-likeness (QED) is 0.312. The Hall–Kier alpha value is -4.74. The molecule has 0 bridgehead atoms.